The molecule has 1 atom stereocenters. The number of imidazole rings is 1. The largest absolute Gasteiger partial charge is 0.369 e. The lowest BCUT2D eigenvalue weighted by Gasteiger charge is -2.14. The second-order valence-corrected chi connectivity index (χ2v) is 5.92. The molecule has 0 spiro atoms. The average Bonchev–Trinajstić information content (AvgIpc) is 2.64. The van der Waals surface area contributed by atoms with Crippen molar-refractivity contribution in [2.24, 2.45) is 0 Å². The van der Waals surface area contributed by atoms with Crippen LogP contribution in [0.15, 0.2) is 12.3 Å². The van der Waals surface area contributed by atoms with Gasteiger partial charge < -0.3 is 5.73 Å². The maximum atomic E-state index is 6.01. The Balaban J connectivity index is 2.29. The van der Waals surface area contributed by atoms with E-state index in [-0.39, 0.29) is 0 Å². The molecule has 0 amide bonds. The lowest BCUT2D eigenvalue weighted by atomic mass is 10.2. The molecule has 1 unspecified atom stereocenters. The van der Waals surface area contributed by atoms with Gasteiger partial charge in [0.15, 0.2) is 5.65 Å². The Morgan fingerprint density at radius 2 is 2.28 bits per heavy atom. The fraction of sp³-hybridized carbons (Fsp3) is 0.538. The SMILES string of the molecule is CCSCCC(C)n1c(N)nc2cc(C)cnc21. The molecule has 2 N–H and O–H groups in total. The minimum atomic E-state index is 0.337. The molecule has 2 heterocycles. The van der Waals surface area contributed by atoms with Crippen LogP contribution in [0.5, 0.6) is 0 Å². The summed E-state index contributed by atoms with van der Waals surface area (Å²) in [5, 5.41) is 0. The fourth-order valence-electron chi connectivity index (χ4n) is 2.06. The Morgan fingerprint density at radius 1 is 1.50 bits per heavy atom. The molecule has 98 valence electrons. The van der Waals surface area contributed by atoms with Crippen LogP contribution in [0.3, 0.4) is 0 Å². The van der Waals surface area contributed by atoms with Crippen molar-refractivity contribution in [3.8, 4) is 0 Å². The third kappa shape index (κ3) is 2.61. The van der Waals surface area contributed by atoms with Gasteiger partial charge in [-0.25, -0.2) is 9.97 Å². The van der Waals surface area contributed by atoms with Crippen LogP contribution < -0.4 is 5.73 Å². The van der Waals surface area contributed by atoms with Crippen molar-refractivity contribution in [2.75, 3.05) is 17.2 Å². The van der Waals surface area contributed by atoms with Gasteiger partial charge in [-0.1, -0.05) is 6.92 Å². The highest BCUT2D eigenvalue weighted by atomic mass is 32.2. The highest BCUT2D eigenvalue weighted by Crippen LogP contribution is 2.24. The number of aryl methyl sites for hydroxylation is 1. The first-order valence-electron chi connectivity index (χ1n) is 6.31. The summed E-state index contributed by atoms with van der Waals surface area (Å²) in [5.41, 5.74) is 8.91. The van der Waals surface area contributed by atoms with Crippen LogP contribution in [0.25, 0.3) is 11.2 Å². The van der Waals surface area contributed by atoms with Gasteiger partial charge in [-0.3, -0.25) is 4.57 Å². The molecule has 0 radical (unpaired) electrons. The van der Waals surface area contributed by atoms with E-state index >= 15 is 0 Å². The first-order chi connectivity index (χ1) is 8.63. The van der Waals surface area contributed by atoms with Crippen LogP contribution >= 0.6 is 11.8 Å². The molecule has 18 heavy (non-hydrogen) atoms. The van der Waals surface area contributed by atoms with E-state index in [1.807, 2.05) is 35.5 Å². The normalized spacial score (nSPS) is 13.1. The van der Waals surface area contributed by atoms with Crippen molar-refractivity contribution >= 4 is 28.9 Å². The lowest BCUT2D eigenvalue weighted by molar-refractivity contribution is 0.552. The number of fused-ring (bicyclic) bond motifs is 1. The minimum Gasteiger partial charge on any atom is -0.369 e. The summed E-state index contributed by atoms with van der Waals surface area (Å²) in [7, 11) is 0. The van der Waals surface area contributed by atoms with Crippen LogP contribution in [-0.2, 0) is 0 Å². The Labute approximate surface area is 112 Å². The molecule has 0 fully saturated rings. The van der Waals surface area contributed by atoms with Gasteiger partial charge in [0.05, 0.1) is 0 Å². The maximum Gasteiger partial charge on any atom is 0.202 e. The van der Waals surface area contributed by atoms with Crippen molar-refractivity contribution in [1.82, 2.24) is 14.5 Å². The minimum absolute atomic E-state index is 0.337. The van der Waals surface area contributed by atoms with Gasteiger partial charge >= 0.3 is 0 Å². The first kappa shape index (κ1) is 13.2. The number of rotatable bonds is 5. The first-order valence-corrected chi connectivity index (χ1v) is 7.46. The van der Waals surface area contributed by atoms with Gasteiger partial charge in [-0.15, -0.1) is 0 Å². The van der Waals surface area contributed by atoms with Crippen LogP contribution in [0.4, 0.5) is 5.95 Å². The Kier molecular flexibility index (Phi) is 4.11. The van der Waals surface area contributed by atoms with Crippen LogP contribution in [0.1, 0.15) is 31.9 Å². The molecule has 0 aliphatic rings. The molecule has 0 aromatic carbocycles. The average molecular weight is 264 g/mol. The van der Waals surface area contributed by atoms with Gasteiger partial charge in [-0.05, 0) is 43.4 Å². The fourth-order valence-corrected chi connectivity index (χ4v) is 2.86. The Morgan fingerprint density at radius 3 is 3.00 bits per heavy atom. The quantitative estimate of drug-likeness (QED) is 0.843. The molecule has 0 saturated carbocycles. The molecule has 2 aromatic heterocycles. The van der Waals surface area contributed by atoms with Gasteiger partial charge in [0.25, 0.3) is 0 Å². The zero-order valence-corrected chi connectivity index (χ0v) is 12.0. The summed E-state index contributed by atoms with van der Waals surface area (Å²) in [4.78, 5) is 8.86. The molecule has 0 bridgehead atoms. The predicted octanol–water partition coefficient (Wildman–Crippen LogP) is 3.03. The van der Waals surface area contributed by atoms with Gasteiger partial charge in [0.1, 0.15) is 5.52 Å². The number of hydrogen-bond acceptors (Lipinski definition) is 4. The van der Waals surface area contributed by atoms with Gasteiger partial charge in [0, 0.05) is 12.2 Å². The summed E-state index contributed by atoms with van der Waals surface area (Å²) >= 11 is 1.95. The van der Waals surface area contributed by atoms with E-state index in [2.05, 4.69) is 23.8 Å². The molecular weight excluding hydrogens is 244 g/mol. The molecule has 2 aromatic rings. The van der Waals surface area contributed by atoms with E-state index in [4.69, 9.17) is 5.73 Å². The van der Waals surface area contributed by atoms with Crippen LogP contribution in [0, 0.1) is 6.92 Å². The molecule has 4 nitrogen and oxygen atoms in total. The molecule has 0 aliphatic heterocycles. The van der Waals surface area contributed by atoms with E-state index in [0.717, 1.165) is 34.7 Å². The standard InChI is InChI=1S/C13H20N4S/c1-4-18-6-5-10(3)17-12-11(16-13(17)14)7-9(2)8-15-12/h7-8,10H,4-6H2,1-3H3,(H2,14,16). The summed E-state index contributed by atoms with van der Waals surface area (Å²) < 4.78 is 2.05. The number of nitrogens with zero attached hydrogens (tertiary/aromatic N) is 3. The Bertz CT molecular complexity index is 535. The predicted molar refractivity (Wildman–Crippen MR) is 79.0 cm³/mol. The molecule has 0 aliphatic carbocycles. The van der Waals surface area contributed by atoms with Crippen molar-refractivity contribution in [3.05, 3.63) is 17.8 Å². The second-order valence-electron chi connectivity index (χ2n) is 4.53. The molecule has 5 heteroatoms. The van der Waals surface area contributed by atoms with E-state index in [9.17, 15) is 0 Å². The van der Waals surface area contributed by atoms with Crippen molar-refractivity contribution < 1.29 is 0 Å². The highest BCUT2D eigenvalue weighted by Gasteiger charge is 2.14. The number of nitrogen functional groups attached to an aromatic ring is 1. The smallest absolute Gasteiger partial charge is 0.202 e. The number of nitrogens with two attached hydrogens (primary N) is 1. The zero-order valence-electron chi connectivity index (χ0n) is 11.2. The van der Waals surface area contributed by atoms with Gasteiger partial charge in [-0.2, -0.15) is 11.8 Å². The van der Waals surface area contributed by atoms with E-state index in [1.165, 1.54) is 0 Å². The third-order valence-corrected chi connectivity index (χ3v) is 3.95. The van der Waals surface area contributed by atoms with E-state index in [0.29, 0.717) is 12.0 Å². The maximum absolute atomic E-state index is 6.01. The van der Waals surface area contributed by atoms with E-state index in [1.54, 1.807) is 0 Å². The van der Waals surface area contributed by atoms with Crippen molar-refractivity contribution in [1.29, 1.82) is 0 Å². The molecular formula is C13H20N4S. The van der Waals surface area contributed by atoms with Crippen LogP contribution in [-0.4, -0.2) is 26.0 Å². The number of hydrogen-bond donors (Lipinski definition) is 1. The second kappa shape index (κ2) is 5.61. The van der Waals surface area contributed by atoms with Crippen molar-refractivity contribution in [3.63, 3.8) is 0 Å². The highest BCUT2D eigenvalue weighted by molar-refractivity contribution is 7.99. The number of aromatic nitrogens is 3. The van der Waals surface area contributed by atoms with Crippen molar-refractivity contribution in [2.45, 2.75) is 33.2 Å². The topological polar surface area (TPSA) is 56.7 Å². The number of pyridine rings is 1. The van der Waals surface area contributed by atoms with Crippen LogP contribution in [0.2, 0.25) is 0 Å². The summed E-state index contributed by atoms with van der Waals surface area (Å²) in [6.45, 7) is 6.37. The number of thioether (sulfide) groups is 1. The summed E-state index contributed by atoms with van der Waals surface area (Å²) in [6, 6.07) is 2.37. The molecule has 0 saturated heterocycles. The summed E-state index contributed by atoms with van der Waals surface area (Å²) in [5.74, 6) is 2.87. The Hall–Kier alpha value is -1.23. The van der Waals surface area contributed by atoms with Gasteiger partial charge in [0.2, 0.25) is 5.95 Å². The third-order valence-electron chi connectivity index (χ3n) is 3.02. The lowest BCUT2D eigenvalue weighted by Crippen LogP contribution is -2.10. The number of anilines is 1. The van der Waals surface area contributed by atoms with E-state index < -0.39 is 0 Å². The zero-order chi connectivity index (χ0) is 13.1. The molecule has 2 rings (SSSR count). The summed E-state index contributed by atoms with van der Waals surface area (Å²) in [6.07, 6.45) is 2.96. The monoisotopic (exact) mass is 264 g/mol.